The Hall–Kier alpha value is -2.04. The highest BCUT2D eigenvalue weighted by atomic mass is 16.4. The number of pyridine rings is 1. The van der Waals surface area contributed by atoms with Gasteiger partial charge in [-0.25, -0.2) is 4.79 Å². The fourth-order valence-electron chi connectivity index (χ4n) is 1.07. The molecule has 66 valence electrons. The van der Waals surface area contributed by atoms with Crippen LogP contribution in [-0.2, 0) is 0 Å². The summed E-state index contributed by atoms with van der Waals surface area (Å²) in [6.45, 7) is 0. The van der Waals surface area contributed by atoms with Crippen molar-refractivity contribution in [2.75, 3.05) is 5.73 Å². The lowest BCUT2D eigenvalue weighted by molar-refractivity contribution is 0.563. The van der Waals surface area contributed by atoms with Gasteiger partial charge in [-0.05, 0) is 12.1 Å². The Morgan fingerprint density at radius 1 is 1.38 bits per heavy atom. The molecule has 0 fully saturated rings. The molecular weight excluding hydrogens is 172 g/mol. The fraction of sp³-hybridized carbons (Fsp3) is 0. The zero-order valence-corrected chi connectivity index (χ0v) is 6.53. The van der Waals surface area contributed by atoms with Crippen LogP contribution in [0.1, 0.15) is 0 Å². The van der Waals surface area contributed by atoms with E-state index in [9.17, 15) is 9.59 Å². The molecule has 2 rings (SSSR count). The molecule has 5 heteroatoms. The summed E-state index contributed by atoms with van der Waals surface area (Å²) in [5.41, 5.74) is 4.52. The van der Waals surface area contributed by atoms with Crippen LogP contribution in [-0.4, -0.2) is 4.98 Å². The summed E-state index contributed by atoms with van der Waals surface area (Å²) < 4.78 is 4.77. The first-order chi connectivity index (χ1) is 6.18. The van der Waals surface area contributed by atoms with E-state index >= 15 is 0 Å². The minimum absolute atomic E-state index is 0.0656. The summed E-state index contributed by atoms with van der Waals surface area (Å²) in [7, 11) is 0. The van der Waals surface area contributed by atoms with Crippen LogP contribution in [0.4, 0.5) is 5.69 Å². The van der Waals surface area contributed by atoms with Crippen LogP contribution in [0.3, 0.4) is 0 Å². The number of nitrogen functional groups attached to an aromatic ring is 1. The molecule has 13 heavy (non-hydrogen) atoms. The van der Waals surface area contributed by atoms with Crippen molar-refractivity contribution >= 4 is 16.7 Å². The molecule has 0 aliphatic heterocycles. The molecule has 0 unspecified atom stereocenters. The van der Waals surface area contributed by atoms with Crippen molar-refractivity contribution in [2.24, 2.45) is 0 Å². The molecule has 0 saturated heterocycles. The molecule has 0 aliphatic rings. The SMILES string of the molecule is Nc1cc2c(=O)[nH]ccc2oc1=O. The maximum absolute atomic E-state index is 11.2. The van der Waals surface area contributed by atoms with Crippen molar-refractivity contribution in [3.05, 3.63) is 39.1 Å². The van der Waals surface area contributed by atoms with E-state index < -0.39 is 5.63 Å². The molecular formula is C8H6N2O3. The summed E-state index contributed by atoms with van der Waals surface area (Å²) in [4.78, 5) is 24.6. The van der Waals surface area contributed by atoms with Gasteiger partial charge in [0.1, 0.15) is 11.3 Å². The Morgan fingerprint density at radius 2 is 2.15 bits per heavy atom. The highest BCUT2D eigenvalue weighted by Gasteiger charge is 2.03. The lowest BCUT2D eigenvalue weighted by atomic mass is 10.3. The van der Waals surface area contributed by atoms with E-state index in [0.717, 1.165) is 0 Å². The Balaban J connectivity index is 3.06. The van der Waals surface area contributed by atoms with Gasteiger partial charge in [0, 0.05) is 6.20 Å². The van der Waals surface area contributed by atoms with Crippen LogP contribution in [0.25, 0.3) is 11.0 Å². The third kappa shape index (κ3) is 1.10. The number of fused-ring (bicyclic) bond motifs is 1. The van der Waals surface area contributed by atoms with E-state index in [2.05, 4.69) is 4.98 Å². The van der Waals surface area contributed by atoms with E-state index in [0.29, 0.717) is 0 Å². The smallest absolute Gasteiger partial charge is 0.359 e. The van der Waals surface area contributed by atoms with Gasteiger partial charge < -0.3 is 15.1 Å². The monoisotopic (exact) mass is 178 g/mol. The van der Waals surface area contributed by atoms with Gasteiger partial charge in [-0.2, -0.15) is 0 Å². The molecule has 0 aromatic carbocycles. The number of hydrogen-bond acceptors (Lipinski definition) is 4. The maximum atomic E-state index is 11.2. The molecule has 2 aromatic heterocycles. The molecule has 5 nitrogen and oxygen atoms in total. The second-order valence-corrected chi connectivity index (χ2v) is 2.57. The van der Waals surface area contributed by atoms with Gasteiger partial charge in [-0.1, -0.05) is 0 Å². The average Bonchev–Trinajstić information content (AvgIpc) is 2.09. The van der Waals surface area contributed by atoms with Crippen molar-refractivity contribution in [1.29, 1.82) is 0 Å². The van der Waals surface area contributed by atoms with Crippen molar-refractivity contribution in [3.63, 3.8) is 0 Å². The molecule has 2 aromatic rings. The third-order valence-electron chi connectivity index (χ3n) is 1.70. The van der Waals surface area contributed by atoms with Gasteiger partial charge in [-0.15, -0.1) is 0 Å². The van der Waals surface area contributed by atoms with Crippen molar-refractivity contribution in [1.82, 2.24) is 4.98 Å². The van der Waals surface area contributed by atoms with Crippen LogP contribution >= 0.6 is 0 Å². The van der Waals surface area contributed by atoms with Crippen molar-refractivity contribution in [2.45, 2.75) is 0 Å². The molecule has 0 radical (unpaired) electrons. The quantitative estimate of drug-likeness (QED) is 0.597. The predicted molar refractivity (Wildman–Crippen MR) is 47.5 cm³/mol. The van der Waals surface area contributed by atoms with Gasteiger partial charge in [0.2, 0.25) is 0 Å². The Kier molecular flexibility index (Phi) is 1.45. The number of anilines is 1. The summed E-state index contributed by atoms with van der Waals surface area (Å²) in [5.74, 6) is 0. The predicted octanol–water partition coefficient (Wildman–Crippen LogP) is 0.0635. The molecule has 2 heterocycles. The first-order valence-electron chi connectivity index (χ1n) is 3.59. The van der Waals surface area contributed by atoms with Gasteiger partial charge in [0.05, 0.1) is 5.39 Å². The summed E-state index contributed by atoms with van der Waals surface area (Å²) in [6.07, 6.45) is 1.41. The standard InChI is InChI=1S/C8H6N2O3/c9-5-3-4-6(13-8(5)12)1-2-10-7(4)11/h1-3H,9H2,(H,10,11). The van der Waals surface area contributed by atoms with E-state index in [-0.39, 0.29) is 22.2 Å². The first kappa shape index (κ1) is 7.60. The Morgan fingerprint density at radius 3 is 2.92 bits per heavy atom. The lowest BCUT2D eigenvalue weighted by Crippen LogP contribution is -2.11. The number of rotatable bonds is 0. The van der Waals surface area contributed by atoms with Crippen molar-refractivity contribution in [3.8, 4) is 0 Å². The minimum atomic E-state index is -0.627. The number of H-pyrrole nitrogens is 1. The highest BCUT2D eigenvalue weighted by Crippen LogP contribution is 2.07. The number of aromatic nitrogens is 1. The molecule has 0 spiro atoms. The normalized spacial score (nSPS) is 10.5. The third-order valence-corrected chi connectivity index (χ3v) is 1.70. The molecule has 0 aliphatic carbocycles. The minimum Gasteiger partial charge on any atom is -0.421 e. The van der Waals surface area contributed by atoms with E-state index in [1.165, 1.54) is 18.3 Å². The van der Waals surface area contributed by atoms with Crippen LogP contribution in [0.2, 0.25) is 0 Å². The zero-order valence-electron chi connectivity index (χ0n) is 6.53. The summed E-state index contributed by atoms with van der Waals surface area (Å²) in [6, 6.07) is 2.80. The maximum Gasteiger partial charge on any atom is 0.359 e. The highest BCUT2D eigenvalue weighted by molar-refractivity contribution is 5.77. The van der Waals surface area contributed by atoms with Crippen LogP contribution in [0, 0.1) is 0 Å². The van der Waals surface area contributed by atoms with Gasteiger partial charge >= 0.3 is 5.63 Å². The molecule has 0 bridgehead atoms. The van der Waals surface area contributed by atoms with Crippen molar-refractivity contribution < 1.29 is 4.42 Å². The Bertz CT molecular complexity index is 567. The first-order valence-corrected chi connectivity index (χ1v) is 3.59. The summed E-state index contributed by atoms with van der Waals surface area (Å²) in [5, 5.41) is 0.277. The average molecular weight is 178 g/mol. The van der Waals surface area contributed by atoms with E-state index in [4.69, 9.17) is 10.2 Å². The number of nitrogens with two attached hydrogens (primary N) is 1. The molecule has 0 amide bonds. The lowest BCUT2D eigenvalue weighted by Gasteiger charge is -1.95. The largest absolute Gasteiger partial charge is 0.421 e. The van der Waals surface area contributed by atoms with Crippen LogP contribution in [0.15, 0.2) is 32.3 Å². The molecule has 3 N–H and O–H groups in total. The topological polar surface area (TPSA) is 89.1 Å². The Labute approximate surface area is 71.8 Å². The number of hydrogen-bond donors (Lipinski definition) is 2. The number of aromatic amines is 1. The van der Waals surface area contributed by atoms with Gasteiger partial charge in [0.25, 0.3) is 5.56 Å². The van der Waals surface area contributed by atoms with Crippen LogP contribution < -0.4 is 16.9 Å². The summed E-state index contributed by atoms with van der Waals surface area (Å²) >= 11 is 0. The number of nitrogens with one attached hydrogen (secondary N) is 1. The van der Waals surface area contributed by atoms with Gasteiger partial charge in [0.15, 0.2) is 0 Å². The van der Waals surface area contributed by atoms with Gasteiger partial charge in [-0.3, -0.25) is 4.79 Å². The second kappa shape index (κ2) is 2.48. The second-order valence-electron chi connectivity index (χ2n) is 2.57. The molecule has 0 saturated carbocycles. The van der Waals surface area contributed by atoms with E-state index in [1.807, 2.05) is 0 Å². The fourth-order valence-corrected chi connectivity index (χ4v) is 1.07. The van der Waals surface area contributed by atoms with E-state index in [1.54, 1.807) is 0 Å². The van der Waals surface area contributed by atoms with Crippen LogP contribution in [0.5, 0.6) is 0 Å². The molecule has 0 atom stereocenters. The zero-order chi connectivity index (χ0) is 9.42.